The predicted molar refractivity (Wildman–Crippen MR) is 74.2 cm³/mol. The fourth-order valence-electron chi connectivity index (χ4n) is 1.20. The van der Waals surface area contributed by atoms with Gasteiger partial charge in [0.1, 0.15) is 5.84 Å². The van der Waals surface area contributed by atoms with Crippen molar-refractivity contribution in [3.8, 4) is 0 Å². The van der Waals surface area contributed by atoms with Gasteiger partial charge in [-0.25, -0.2) is 9.50 Å². The summed E-state index contributed by atoms with van der Waals surface area (Å²) in [6, 6.07) is 1.84. The van der Waals surface area contributed by atoms with Gasteiger partial charge < -0.3 is 5.73 Å². The van der Waals surface area contributed by atoms with Crippen LogP contribution in [0, 0.1) is 0 Å². The van der Waals surface area contributed by atoms with Crippen LogP contribution in [0.1, 0.15) is 0 Å². The average molecular weight is 359 g/mol. The van der Waals surface area contributed by atoms with E-state index in [-0.39, 0.29) is 0 Å². The molecule has 7 heteroatoms. The minimum Gasteiger partial charge on any atom is -0.383 e. The highest BCUT2D eigenvalue weighted by molar-refractivity contribution is 9.12. The first-order valence-corrected chi connectivity index (χ1v) is 6.37. The molecule has 0 saturated carbocycles. The molecule has 1 aliphatic rings. The summed E-state index contributed by atoms with van der Waals surface area (Å²) in [6.45, 7) is 0.729. The quantitative estimate of drug-likeness (QED) is 0.784. The van der Waals surface area contributed by atoms with Crippen LogP contribution in [0.25, 0.3) is 5.65 Å². The fourth-order valence-corrected chi connectivity index (χ4v) is 1.85. The predicted octanol–water partition coefficient (Wildman–Crippen LogP) is 2.13. The Balaban J connectivity index is 0.000000136. The minimum atomic E-state index is 0.611. The molecule has 0 aromatic carbocycles. The Morgan fingerprint density at radius 2 is 2.18 bits per heavy atom. The molecule has 3 heterocycles. The second-order valence-corrected chi connectivity index (χ2v) is 4.87. The van der Waals surface area contributed by atoms with E-state index < -0.39 is 0 Å². The monoisotopic (exact) mass is 357 g/mol. The summed E-state index contributed by atoms with van der Waals surface area (Å²) in [7, 11) is 0. The first kappa shape index (κ1) is 12.3. The maximum absolute atomic E-state index is 5.31. The van der Waals surface area contributed by atoms with Gasteiger partial charge in [-0.3, -0.25) is 4.99 Å². The van der Waals surface area contributed by atoms with Crippen LogP contribution in [0.2, 0.25) is 0 Å². The third-order valence-electron chi connectivity index (χ3n) is 2.01. The summed E-state index contributed by atoms with van der Waals surface area (Å²) < 4.78 is 3.56. The average Bonchev–Trinajstić information content (AvgIpc) is 2.89. The molecule has 88 valence electrons. The second kappa shape index (κ2) is 5.42. The summed E-state index contributed by atoms with van der Waals surface area (Å²) >= 11 is 6.53. The van der Waals surface area contributed by atoms with E-state index in [1.54, 1.807) is 16.9 Å². The lowest BCUT2D eigenvalue weighted by molar-refractivity contribution is 0.939. The van der Waals surface area contributed by atoms with Gasteiger partial charge in [0.2, 0.25) is 0 Å². The first-order chi connectivity index (χ1) is 8.18. The molecule has 2 N–H and O–H groups in total. The molecule has 0 bridgehead atoms. The second-order valence-electron chi connectivity index (χ2n) is 3.16. The van der Waals surface area contributed by atoms with Crippen molar-refractivity contribution in [3.63, 3.8) is 0 Å². The number of nitrogens with zero attached hydrogens (tertiary/aromatic N) is 4. The lowest BCUT2D eigenvalue weighted by atomic mass is 10.5. The van der Waals surface area contributed by atoms with E-state index in [1.165, 1.54) is 0 Å². The molecule has 0 spiro atoms. The van der Waals surface area contributed by atoms with Gasteiger partial charge in [0.25, 0.3) is 0 Å². The molecule has 1 aliphatic heterocycles. The van der Waals surface area contributed by atoms with Crippen LogP contribution in [-0.2, 0) is 0 Å². The van der Waals surface area contributed by atoms with E-state index in [0.29, 0.717) is 5.84 Å². The maximum Gasteiger partial charge on any atom is 0.169 e. The zero-order chi connectivity index (χ0) is 12.3. The Hall–Kier alpha value is -1.21. The summed E-state index contributed by atoms with van der Waals surface area (Å²) in [5.41, 5.74) is 6.16. The standard InChI is InChI=1S/C6H4BrN3.C4H5BrN2/c7-5-4-9-10-3-1-2-8-6(5)10;5-3-1-2-7-4(3)6/h1-4H;1H,2H2,(H2,6,7). The van der Waals surface area contributed by atoms with Gasteiger partial charge in [0, 0.05) is 12.4 Å². The molecular formula is C10H9Br2N5. The minimum absolute atomic E-state index is 0.611. The number of amidine groups is 1. The molecular weight excluding hydrogens is 350 g/mol. The number of halogens is 2. The van der Waals surface area contributed by atoms with Gasteiger partial charge in [-0.2, -0.15) is 5.10 Å². The summed E-state index contributed by atoms with van der Waals surface area (Å²) in [4.78, 5) is 7.97. The molecule has 17 heavy (non-hydrogen) atoms. The van der Waals surface area contributed by atoms with Crippen molar-refractivity contribution in [2.24, 2.45) is 10.7 Å². The molecule has 2 aromatic rings. The number of nitrogens with two attached hydrogens (primary N) is 1. The van der Waals surface area contributed by atoms with E-state index >= 15 is 0 Å². The van der Waals surface area contributed by atoms with Crippen LogP contribution in [0.5, 0.6) is 0 Å². The molecule has 0 amide bonds. The Kier molecular flexibility index (Phi) is 3.90. The molecule has 2 aromatic heterocycles. The van der Waals surface area contributed by atoms with Crippen molar-refractivity contribution < 1.29 is 0 Å². The number of hydrogen-bond acceptors (Lipinski definition) is 4. The molecule has 0 fully saturated rings. The van der Waals surface area contributed by atoms with Gasteiger partial charge in [0.05, 0.1) is 21.7 Å². The molecule has 0 aliphatic carbocycles. The van der Waals surface area contributed by atoms with Crippen molar-refractivity contribution in [1.29, 1.82) is 0 Å². The first-order valence-electron chi connectivity index (χ1n) is 4.78. The number of fused-ring (bicyclic) bond motifs is 1. The summed E-state index contributed by atoms with van der Waals surface area (Å²) in [5, 5.41) is 4.03. The van der Waals surface area contributed by atoms with Gasteiger partial charge in [-0.1, -0.05) is 0 Å². The highest BCUT2D eigenvalue weighted by Crippen LogP contribution is 2.13. The van der Waals surface area contributed by atoms with E-state index in [2.05, 4.69) is 46.9 Å². The topological polar surface area (TPSA) is 68.6 Å². The highest BCUT2D eigenvalue weighted by Gasteiger charge is 2.00. The number of aromatic nitrogens is 3. The van der Waals surface area contributed by atoms with Crippen molar-refractivity contribution in [3.05, 3.63) is 39.7 Å². The number of hydrogen-bond donors (Lipinski definition) is 1. The van der Waals surface area contributed by atoms with Crippen LogP contribution in [0.4, 0.5) is 0 Å². The maximum atomic E-state index is 5.31. The van der Waals surface area contributed by atoms with E-state index in [9.17, 15) is 0 Å². The normalized spacial score (nSPS) is 14.0. The van der Waals surface area contributed by atoms with E-state index in [1.807, 2.05) is 18.3 Å². The SMILES string of the molecule is Brc1cnn2cccnc12.NC1=NCC=C1Br. The molecule has 0 saturated heterocycles. The number of aliphatic imine (C=N–C) groups is 1. The Bertz CT molecular complexity index is 571. The van der Waals surface area contributed by atoms with Crippen LogP contribution < -0.4 is 5.73 Å². The van der Waals surface area contributed by atoms with Gasteiger partial charge in [0.15, 0.2) is 5.65 Å². The van der Waals surface area contributed by atoms with Crippen molar-refractivity contribution in [2.75, 3.05) is 6.54 Å². The Morgan fingerprint density at radius 1 is 1.35 bits per heavy atom. The molecule has 3 rings (SSSR count). The van der Waals surface area contributed by atoms with E-state index in [4.69, 9.17) is 5.73 Å². The Labute approximate surface area is 115 Å². The molecule has 0 unspecified atom stereocenters. The highest BCUT2D eigenvalue weighted by atomic mass is 79.9. The van der Waals surface area contributed by atoms with Crippen LogP contribution in [-0.4, -0.2) is 27.0 Å². The van der Waals surface area contributed by atoms with Gasteiger partial charge in [-0.05, 0) is 44.0 Å². The summed E-state index contributed by atoms with van der Waals surface area (Å²) in [5.74, 6) is 0.611. The van der Waals surface area contributed by atoms with Crippen LogP contribution in [0.3, 0.4) is 0 Å². The fraction of sp³-hybridized carbons (Fsp3) is 0.100. The van der Waals surface area contributed by atoms with Gasteiger partial charge in [-0.15, -0.1) is 0 Å². The number of rotatable bonds is 0. The van der Waals surface area contributed by atoms with Crippen LogP contribution in [0.15, 0.2) is 44.7 Å². The molecule has 0 atom stereocenters. The lowest BCUT2D eigenvalue weighted by Crippen LogP contribution is -2.07. The van der Waals surface area contributed by atoms with Gasteiger partial charge >= 0.3 is 0 Å². The van der Waals surface area contributed by atoms with Crippen molar-refractivity contribution >= 4 is 43.3 Å². The van der Waals surface area contributed by atoms with Crippen molar-refractivity contribution in [1.82, 2.24) is 14.6 Å². The molecule has 5 nitrogen and oxygen atoms in total. The van der Waals surface area contributed by atoms with E-state index in [0.717, 1.165) is 21.1 Å². The zero-order valence-corrected chi connectivity index (χ0v) is 11.9. The smallest absolute Gasteiger partial charge is 0.169 e. The lowest BCUT2D eigenvalue weighted by Gasteiger charge is -1.87. The third kappa shape index (κ3) is 2.92. The third-order valence-corrected chi connectivity index (χ3v) is 3.30. The largest absolute Gasteiger partial charge is 0.383 e. The van der Waals surface area contributed by atoms with Crippen LogP contribution >= 0.6 is 31.9 Å². The zero-order valence-electron chi connectivity index (χ0n) is 8.72. The summed E-state index contributed by atoms with van der Waals surface area (Å²) in [6.07, 6.45) is 7.24. The molecule has 0 radical (unpaired) electrons. The Morgan fingerprint density at radius 3 is 2.71 bits per heavy atom. The van der Waals surface area contributed by atoms with Crippen molar-refractivity contribution in [2.45, 2.75) is 0 Å².